The van der Waals surface area contributed by atoms with Crippen molar-refractivity contribution in [2.24, 2.45) is 0 Å². The Hall–Kier alpha value is -2.21. The molecule has 0 amide bonds. The summed E-state index contributed by atoms with van der Waals surface area (Å²) in [5.74, 6) is 0.297. The Labute approximate surface area is 107 Å². The summed E-state index contributed by atoms with van der Waals surface area (Å²) in [6, 6.07) is 5.15. The monoisotopic (exact) mass is 261 g/mol. The number of aromatic nitrogens is 3. The highest BCUT2D eigenvalue weighted by Crippen LogP contribution is 2.34. The molecule has 1 saturated heterocycles. The lowest BCUT2D eigenvalue weighted by molar-refractivity contribution is 0.0174. The Morgan fingerprint density at radius 3 is 2.84 bits per heavy atom. The summed E-state index contributed by atoms with van der Waals surface area (Å²) in [4.78, 5) is 3.85. The molecule has 98 valence electrons. The molecule has 0 bridgehead atoms. The van der Waals surface area contributed by atoms with Crippen molar-refractivity contribution in [3.8, 4) is 6.07 Å². The molecule has 4 atom stereocenters. The highest BCUT2D eigenvalue weighted by molar-refractivity contribution is 5.65. The quantitative estimate of drug-likeness (QED) is 0.600. The van der Waals surface area contributed by atoms with Crippen LogP contribution in [0.1, 0.15) is 11.8 Å². The summed E-state index contributed by atoms with van der Waals surface area (Å²) in [5, 5.41) is 32.5. The van der Waals surface area contributed by atoms with E-state index in [2.05, 4.69) is 10.1 Å². The molecule has 4 unspecified atom stereocenters. The predicted molar refractivity (Wildman–Crippen MR) is 62.6 cm³/mol. The molecule has 2 aromatic heterocycles. The third-order valence-corrected chi connectivity index (χ3v) is 3.19. The molecule has 4 N–H and O–H groups in total. The van der Waals surface area contributed by atoms with Crippen molar-refractivity contribution in [1.29, 1.82) is 5.26 Å². The topological polar surface area (TPSA) is 130 Å². The molecule has 0 aliphatic carbocycles. The van der Waals surface area contributed by atoms with Crippen molar-refractivity contribution >= 4 is 11.3 Å². The Bertz CT molecular complexity index is 664. The number of nitriles is 1. The lowest BCUT2D eigenvalue weighted by atomic mass is 10.1. The SMILES string of the molecule is N#CC1OC(c2ccc3c(N)ncnn23)C(O)C1O. The van der Waals surface area contributed by atoms with E-state index < -0.39 is 24.4 Å². The minimum Gasteiger partial charge on any atom is -0.387 e. The zero-order chi connectivity index (χ0) is 13.6. The van der Waals surface area contributed by atoms with Gasteiger partial charge in [0, 0.05) is 0 Å². The molecule has 3 rings (SSSR count). The number of nitrogens with two attached hydrogens (primary N) is 1. The molecule has 3 heterocycles. The minimum atomic E-state index is -1.25. The van der Waals surface area contributed by atoms with E-state index >= 15 is 0 Å². The first-order valence-corrected chi connectivity index (χ1v) is 5.63. The molecule has 0 radical (unpaired) electrons. The number of nitrogen functional groups attached to an aromatic ring is 1. The fourth-order valence-corrected chi connectivity index (χ4v) is 2.22. The number of aliphatic hydroxyl groups is 2. The average Bonchev–Trinajstić information content (AvgIpc) is 2.94. The lowest BCUT2D eigenvalue weighted by Crippen LogP contribution is -2.29. The number of aliphatic hydroxyl groups excluding tert-OH is 2. The number of ether oxygens (including phenoxy) is 1. The van der Waals surface area contributed by atoms with Crippen LogP contribution >= 0.6 is 0 Å². The lowest BCUT2D eigenvalue weighted by Gasteiger charge is -2.14. The number of fused-ring (bicyclic) bond motifs is 1. The number of hydrogen-bond donors (Lipinski definition) is 3. The minimum absolute atomic E-state index is 0.297. The van der Waals surface area contributed by atoms with Gasteiger partial charge in [0.1, 0.15) is 30.2 Å². The zero-order valence-electron chi connectivity index (χ0n) is 9.71. The molecule has 8 heteroatoms. The first-order valence-electron chi connectivity index (χ1n) is 5.63. The van der Waals surface area contributed by atoms with Gasteiger partial charge < -0.3 is 20.7 Å². The maximum atomic E-state index is 9.95. The van der Waals surface area contributed by atoms with E-state index in [-0.39, 0.29) is 0 Å². The Morgan fingerprint density at radius 2 is 2.16 bits per heavy atom. The normalized spacial score (nSPS) is 30.6. The van der Waals surface area contributed by atoms with Crippen LogP contribution in [-0.2, 0) is 4.74 Å². The maximum absolute atomic E-state index is 9.95. The fourth-order valence-electron chi connectivity index (χ4n) is 2.22. The first kappa shape index (κ1) is 11.9. The molecule has 8 nitrogen and oxygen atoms in total. The van der Waals surface area contributed by atoms with E-state index in [1.807, 2.05) is 0 Å². The van der Waals surface area contributed by atoms with E-state index in [0.29, 0.717) is 17.0 Å². The Balaban J connectivity index is 2.07. The second kappa shape index (κ2) is 4.17. The molecule has 2 aromatic rings. The van der Waals surface area contributed by atoms with Crippen molar-refractivity contribution in [3.63, 3.8) is 0 Å². The number of nitrogens with zero attached hydrogens (tertiary/aromatic N) is 4. The van der Waals surface area contributed by atoms with Crippen molar-refractivity contribution in [2.45, 2.75) is 24.4 Å². The molecular weight excluding hydrogens is 250 g/mol. The van der Waals surface area contributed by atoms with Crippen LogP contribution in [0, 0.1) is 11.3 Å². The van der Waals surface area contributed by atoms with Crippen molar-refractivity contribution in [3.05, 3.63) is 24.2 Å². The summed E-state index contributed by atoms with van der Waals surface area (Å²) in [6.07, 6.45) is -3.06. The van der Waals surface area contributed by atoms with Gasteiger partial charge in [-0.2, -0.15) is 10.4 Å². The zero-order valence-corrected chi connectivity index (χ0v) is 9.71. The smallest absolute Gasteiger partial charge is 0.173 e. The molecule has 0 spiro atoms. The molecule has 1 aliphatic heterocycles. The highest BCUT2D eigenvalue weighted by atomic mass is 16.5. The molecule has 19 heavy (non-hydrogen) atoms. The molecule has 0 saturated carbocycles. The fraction of sp³-hybridized carbons (Fsp3) is 0.364. The van der Waals surface area contributed by atoms with Crippen LogP contribution in [-0.4, -0.2) is 43.1 Å². The summed E-state index contributed by atoms with van der Waals surface area (Å²) in [6.45, 7) is 0. The third kappa shape index (κ3) is 1.64. The summed E-state index contributed by atoms with van der Waals surface area (Å²) >= 11 is 0. The number of hydrogen-bond acceptors (Lipinski definition) is 7. The molecular formula is C11H11N5O3. The second-order valence-electron chi connectivity index (χ2n) is 4.29. The van der Waals surface area contributed by atoms with Gasteiger partial charge in [0.15, 0.2) is 11.9 Å². The standard InChI is InChI=1S/C11H11N5O3/c12-3-7-8(17)9(18)10(19-7)5-1-2-6-11(13)14-4-15-16(5)6/h1-2,4,7-10,17-18H,(H2,13,14,15). The van der Waals surface area contributed by atoms with E-state index in [1.54, 1.807) is 18.2 Å². The molecule has 1 aliphatic rings. The van der Waals surface area contributed by atoms with Crippen molar-refractivity contribution in [2.75, 3.05) is 5.73 Å². The Morgan fingerprint density at radius 1 is 1.37 bits per heavy atom. The van der Waals surface area contributed by atoms with Crippen LogP contribution in [0.5, 0.6) is 0 Å². The van der Waals surface area contributed by atoms with E-state index in [1.165, 1.54) is 10.8 Å². The molecule has 0 aromatic carbocycles. The number of rotatable bonds is 1. The van der Waals surface area contributed by atoms with Crippen molar-refractivity contribution < 1.29 is 14.9 Å². The van der Waals surface area contributed by atoms with Crippen LogP contribution in [0.4, 0.5) is 5.82 Å². The van der Waals surface area contributed by atoms with Gasteiger partial charge in [-0.1, -0.05) is 0 Å². The van der Waals surface area contributed by atoms with Gasteiger partial charge in [0.25, 0.3) is 0 Å². The second-order valence-corrected chi connectivity index (χ2v) is 4.29. The van der Waals surface area contributed by atoms with E-state index in [9.17, 15) is 10.2 Å². The van der Waals surface area contributed by atoms with Crippen molar-refractivity contribution in [1.82, 2.24) is 14.6 Å². The van der Waals surface area contributed by atoms with Gasteiger partial charge in [0.2, 0.25) is 0 Å². The Kier molecular flexibility index (Phi) is 2.60. The van der Waals surface area contributed by atoms with Crippen LogP contribution in [0.25, 0.3) is 5.52 Å². The number of anilines is 1. The third-order valence-electron chi connectivity index (χ3n) is 3.19. The summed E-state index contributed by atoms with van der Waals surface area (Å²) in [7, 11) is 0. The van der Waals surface area contributed by atoms with Crippen LogP contribution in [0.2, 0.25) is 0 Å². The van der Waals surface area contributed by atoms with Gasteiger partial charge in [-0.3, -0.25) is 0 Å². The van der Waals surface area contributed by atoms with Gasteiger partial charge in [0.05, 0.1) is 11.8 Å². The van der Waals surface area contributed by atoms with E-state index in [4.69, 9.17) is 15.7 Å². The van der Waals surface area contributed by atoms with E-state index in [0.717, 1.165) is 0 Å². The van der Waals surface area contributed by atoms with Crippen LogP contribution in [0.15, 0.2) is 18.5 Å². The first-order chi connectivity index (χ1) is 9.13. The largest absolute Gasteiger partial charge is 0.387 e. The van der Waals surface area contributed by atoms with Crippen LogP contribution in [0.3, 0.4) is 0 Å². The summed E-state index contributed by atoms with van der Waals surface area (Å²) in [5.41, 5.74) is 6.79. The average molecular weight is 261 g/mol. The van der Waals surface area contributed by atoms with Gasteiger partial charge >= 0.3 is 0 Å². The molecule has 1 fully saturated rings. The van der Waals surface area contributed by atoms with Gasteiger partial charge in [-0.25, -0.2) is 9.50 Å². The maximum Gasteiger partial charge on any atom is 0.173 e. The summed E-state index contributed by atoms with van der Waals surface area (Å²) < 4.78 is 6.82. The van der Waals surface area contributed by atoms with Gasteiger partial charge in [-0.05, 0) is 12.1 Å². The van der Waals surface area contributed by atoms with Gasteiger partial charge in [-0.15, -0.1) is 0 Å². The highest BCUT2D eigenvalue weighted by Gasteiger charge is 2.44. The predicted octanol–water partition coefficient (Wildman–Crippen LogP) is -1.00. The van der Waals surface area contributed by atoms with Crippen LogP contribution < -0.4 is 5.73 Å².